The lowest BCUT2D eigenvalue weighted by molar-refractivity contribution is -0.135. The van der Waals surface area contributed by atoms with Crippen LogP contribution in [0.5, 0.6) is 0 Å². The summed E-state index contributed by atoms with van der Waals surface area (Å²) < 4.78 is 27.8. The zero-order valence-electron chi connectivity index (χ0n) is 15.5. The molecule has 1 N–H and O–H groups in total. The number of halogens is 1. The van der Waals surface area contributed by atoms with E-state index >= 15 is 0 Å². The van der Waals surface area contributed by atoms with Crippen molar-refractivity contribution in [3.05, 3.63) is 65.2 Å². The van der Waals surface area contributed by atoms with Gasteiger partial charge in [-0.3, -0.25) is 4.79 Å². The summed E-state index contributed by atoms with van der Waals surface area (Å²) in [5, 5.41) is 0.665. The van der Waals surface area contributed by atoms with Gasteiger partial charge in [0.1, 0.15) is 0 Å². The second kappa shape index (κ2) is 7.50. The molecule has 2 fully saturated rings. The smallest absolute Gasteiger partial charge is 0.240 e. The second-order valence-electron chi connectivity index (χ2n) is 7.59. The molecule has 1 aliphatic carbocycles. The Morgan fingerprint density at radius 3 is 2.18 bits per heavy atom. The maximum atomic E-state index is 13.1. The Bertz CT molecular complexity index is 949. The molecule has 4 rings (SSSR count). The average molecular weight is 419 g/mol. The Kier molecular flexibility index (Phi) is 5.21. The number of hydrogen-bond donors (Lipinski definition) is 1. The SMILES string of the molecule is O=C(N1CCC(NS(=O)(=O)c2ccccc2)CC1)C1(c2ccc(Cl)cc2)CC1. The molecule has 1 amide bonds. The van der Waals surface area contributed by atoms with Crippen molar-refractivity contribution in [1.29, 1.82) is 0 Å². The predicted molar refractivity (Wildman–Crippen MR) is 109 cm³/mol. The van der Waals surface area contributed by atoms with Crippen LogP contribution in [0.15, 0.2) is 59.5 Å². The number of carbonyl (C=O) groups excluding carboxylic acids is 1. The van der Waals surface area contributed by atoms with Crippen molar-refractivity contribution in [1.82, 2.24) is 9.62 Å². The summed E-state index contributed by atoms with van der Waals surface area (Å²) in [6.45, 7) is 1.13. The van der Waals surface area contributed by atoms with Gasteiger partial charge in [0.25, 0.3) is 0 Å². The number of likely N-dealkylation sites (tertiary alicyclic amines) is 1. The first-order chi connectivity index (χ1) is 13.4. The minimum atomic E-state index is -3.53. The summed E-state index contributed by atoms with van der Waals surface area (Å²) in [5.41, 5.74) is 0.606. The van der Waals surface area contributed by atoms with Crippen LogP contribution in [0, 0.1) is 0 Å². The van der Waals surface area contributed by atoms with E-state index in [2.05, 4.69) is 4.72 Å². The molecule has 1 saturated heterocycles. The highest BCUT2D eigenvalue weighted by atomic mass is 35.5. The van der Waals surface area contributed by atoms with Crippen LogP contribution in [-0.4, -0.2) is 38.4 Å². The van der Waals surface area contributed by atoms with Gasteiger partial charge in [-0.25, -0.2) is 13.1 Å². The monoisotopic (exact) mass is 418 g/mol. The zero-order valence-corrected chi connectivity index (χ0v) is 17.0. The van der Waals surface area contributed by atoms with Crippen LogP contribution in [0.1, 0.15) is 31.2 Å². The Morgan fingerprint density at radius 2 is 1.61 bits per heavy atom. The number of piperidine rings is 1. The van der Waals surface area contributed by atoms with Gasteiger partial charge in [-0.15, -0.1) is 0 Å². The maximum Gasteiger partial charge on any atom is 0.240 e. The van der Waals surface area contributed by atoms with Crippen molar-refractivity contribution in [3.8, 4) is 0 Å². The number of benzene rings is 2. The lowest BCUT2D eigenvalue weighted by atomic mass is 9.93. The van der Waals surface area contributed by atoms with Gasteiger partial charge in [0.05, 0.1) is 10.3 Å². The molecular formula is C21H23ClN2O3S. The largest absolute Gasteiger partial charge is 0.342 e. The van der Waals surface area contributed by atoms with E-state index in [1.165, 1.54) is 0 Å². The first kappa shape index (κ1) is 19.4. The number of sulfonamides is 1. The van der Waals surface area contributed by atoms with Crippen molar-refractivity contribution in [2.24, 2.45) is 0 Å². The minimum Gasteiger partial charge on any atom is -0.342 e. The molecule has 7 heteroatoms. The molecule has 0 radical (unpaired) electrons. The summed E-state index contributed by atoms with van der Waals surface area (Å²) in [7, 11) is -3.53. The summed E-state index contributed by atoms with van der Waals surface area (Å²) in [5.74, 6) is 0.152. The van der Waals surface area contributed by atoms with Crippen molar-refractivity contribution < 1.29 is 13.2 Å². The van der Waals surface area contributed by atoms with Crippen molar-refractivity contribution >= 4 is 27.5 Å². The van der Waals surface area contributed by atoms with E-state index in [4.69, 9.17) is 11.6 Å². The lowest BCUT2D eigenvalue weighted by Crippen LogP contribution is -2.49. The molecule has 0 unspecified atom stereocenters. The standard InChI is InChI=1S/C21H23ClN2O3S/c22-17-8-6-16(7-9-17)21(12-13-21)20(25)24-14-10-18(11-15-24)23-28(26,27)19-4-2-1-3-5-19/h1-9,18,23H,10-15H2. The molecular weight excluding hydrogens is 396 g/mol. The Labute approximate surface area is 170 Å². The number of nitrogens with zero attached hydrogens (tertiary/aromatic N) is 1. The van der Waals surface area contributed by atoms with E-state index in [1.54, 1.807) is 30.3 Å². The zero-order chi connectivity index (χ0) is 19.8. The highest BCUT2D eigenvalue weighted by Crippen LogP contribution is 2.50. The number of amides is 1. The van der Waals surface area contributed by atoms with Crippen LogP contribution in [0.25, 0.3) is 0 Å². The second-order valence-corrected chi connectivity index (χ2v) is 9.74. The molecule has 1 saturated carbocycles. The third-order valence-electron chi connectivity index (χ3n) is 5.71. The van der Waals surface area contributed by atoms with Crippen LogP contribution in [0.4, 0.5) is 0 Å². The summed E-state index contributed by atoms with van der Waals surface area (Å²) in [4.78, 5) is 15.3. The molecule has 28 heavy (non-hydrogen) atoms. The maximum absolute atomic E-state index is 13.1. The van der Waals surface area contributed by atoms with E-state index in [0.29, 0.717) is 31.0 Å². The highest BCUT2D eigenvalue weighted by Gasteiger charge is 2.53. The van der Waals surface area contributed by atoms with Gasteiger partial charge in [0.15, 0.2) is 0 Å². The fraction of sp³-hybridized carbons (Fsp3) is 0.381. The van der Waals surface area contributed by atoms with E-state index in [9.17, 15) is 13.2 Å². The van der Waals surface area contributed by atoms with Gasteiger partial charge in [0, 0.05) is 24.2 Å². The van der Waals surface area contributed by atoms with Crippen LogP contribution in [-0.2, 0) is 20.2 Å². The molecule has 2 aliphatic rings. The minimum absolute atomic E-state index is 0.152. The van der Waals surface area contributed by atoms with Crippen LogP contribution in [0.3, 0.4) is 0 Å². The molecule has 0 spiro atoms. The van der Waals surface area contributed by atoms with Crippen molar-refractivity contribution in [3.63, 3.8) is 0 Å². The molecule has 2 aromatic carbocycles. The third kappa shape index (κ3) is 3.81. The Balaban J connectivity index is 1.38. The normalized spacial score (nSPS) is 19.4. The number of hydrogen-bond acceptors (Lipinski definition) is 3. The summed E-state index contributed by atoms with van der Waals surface area (Å²) >= 11 is 5.97. The van der Waals surface area contributed by atoms with Gasteiger partial charge in [-0.05, 0) is 55.5 Å². The van der Waals surface area contributed by atoms with Gasteiger partial charge < -0.3 is 4.90 Å². The molecule has 1 heterocycles. The van der Waals surface area contributed by atoms with Gasteiger partial charge in [-0.1, -0.05) is 41.9 Å². The quantitative estimate of drug-likeness (QED) is 0.809. The number of nitrogens with one attached hydrogen (secondary N) is 1. The molecule has 1 aliphatic heterocycles. The number of rotatable bonds is 5. The first-order valence-corrected chi connectivity index (χ1v) is 11.4. The lowest BCUT2D eigenvalue weighted by Gasteiger charge is -2.34. The Hall–Kier alpha value is -1.89. The molecule has 0 atom stereocenters. The van der Waals surface area contributed by atoms with E-state index in [0.717, 1.165) is 18.4 Å². The average Bonchev–Trinajstić information content (AvgIpc) is 3.51. The van der Waals surface area contributed by atoms with Gasteiger partial charge in [0.2, 0.25) is 15.9 Å². The third-order valence-corrected chi connectivity index (χ3v) is 7.50. The topological polar surface area (TPSA) is 66.5 Å². The van der Waals surface area contributed by atoms with Gasteiger partial charge >= 0.3 is 0 Å². The predicted octanol–water partition coefficient (Wildman–Crippen LogP) is 3.34. The highest BCUT2D eigenvalue weighted by molar-refractivity contribution is 7.89. The van der Waals surface area contributed by atoms with Crippen LogP contribution < -0.4 is 4.72 Å². The van der Waals surface area contributed by atoms with Gasteiger partial charge in [-0.2, -0.15) is 0 Å². The molecule has 148 valence electrons. The first-order valence-electron chi connectivity index (χ1n) is 9.54. The van der Waals surface area contributed by atoms with E-state index < -0.39 is 15.4 Å². The fourth-order valence-corrected chi connectivity index (χ4v) is 5.36. The fourth-order valence-electron chi connectivity index (χ4n) is 3.91. The van der Waals surface area contributed by atoms with E-state index in [-0.39, 0.29) is 16.8 Å². The van der Waals surface area contributed by atoms with Crippen LogP contribution in [0.2, 0.25) is 5.02 Å². The van der Waals surface area contributed by atoms with E-state index in [1.807, 2.05) is 29.2 Å². The number of carbonyl (C=O) groups is 1. The summed E-state index contributed by atoms with van der Waals surface area (Å²) in [6.07, 6.45) is 2.95. The molecule has 2 aromatic rings. The van der Waals surface area contributed by atoms with Crippen LogP contribution >= 0.6 is 11.6 Å². The van der Waals surface area contributed by atoms with Crippen molar-refractivity contribution in [2.75, 3.05) is 13.1 Å². The molecule has 0 aromatic heterocycles. The Morgan fingerprint density at radius 1 is 1.00 bits per heavy atom. The summed E-state index contributed by atoms with van der Waals surface area (Å²) in [6, 6.07) is 15.8. The molecule has 0 bridgehead atoms. The molecule has 5 nitrogen and oxygen atoms in total. The van der Waals surface area contributed by atoms with Crippen molar-refractivity contribution in [2.45, 2.75) is 42.0 Å².